The van der Waals surface area contributed by atoms with Gasteiger partial charge in [-0.15, -0.1) is 0 Å². The highest BCUT2D eigenvalue weighted by Crippen LogP contribution is 2.42. The second kappa shape index (κ2) is 11.3. The van der Waals surface area contributed by atoms with Gasteiger partial charge < -0.3 is 24.9 Å². The lowest BCUT2D eigenvalue weighted by Gasteiger charge is -2.31. The lowest BCUT2D eigenvalue weighted by molar-refractivity contribution is -0.117. The standard InChI is InChI=1S/C34H41N7O3/c1-18-16-41(12-11-35-18)17-29(42)38-26-10-9-22(13-25(26)34(5,6)7)32-31-23-15-28(43-8)24(30-19(2)40-44-20(30)3)14-27(23)39-33(31)37-21(4)36-32/h9-10,13-15,18,35H,11-12,16-17H2,1-8H3,(H,38,42)(H,36,37,39)/t18-/m1/s1. The number of H-pyrrole nitrogens is 1. The summed E-state index contributed by atoms with van der Waals surface area (Å²) in [4.78, 5) is 28.6. The van der Waals surface area contributed by atoms with Crippen LogP contribution in [0.5, 0.6) is 5.75 Å². The highest BCUT2D eigenvalue weighted by molar-refractivity contribution is 6.13. The topological polar surface area (TPSA) is 121 Å². The van der Waals surface area contributed by atoms with E-state index in [4.69, 9.17) is 19.2 Å². The number of carbonyl (C=O) groups excluding carboxylic acids is 1. The number of methoxy groups -OCH3 is 1. The second-order valence-electron chi connectivity index (χ2n) is 12.9. The molecule has 0 radical (unpaired) electrons. The zero-order chi connectivity index (χ0) is 31.3. The van der Waals surface area contributed by atoms with E-state index in [2.05, 4.69) is 65.5 Å². The van der Waals surface area contributed by atoms with Crippen molar-refractivity contribution in [3.8, 4) is 28.1 Å². The lowest BCUT2D eigenvalue weighted by atomic mass is 9.84. The average Bonchev–Trinajstić information content (AvgIpc) is 3.48. The Bertz CT molecular complexity index is 1860. The third-order valence-electron chi connectivity index (χ3n) is 8.38. The van der Waals surface area contributed by atoms with Crippen LogP contribution < -0.4 is 15.4 Å². The fraction of sp³-hybridized carbons (Fsp3) is 0.412. The Morgan fingerprint density at radius 3 is 2.64 bits per heavy atom. The van der Waals surface area contributed by atoms with Gasteiger partial charge >= 0.3 is 0 Å². The van der Waals surface area contributed by atoms with Crippen LogP contribution in [0.15, 0.2) is 34.9 Å². The van der Waals surface area contributed by atoms with Crippen molar-refractivity contribution in [3.63, 3.8) is 0 Å². The van der Waals surface area contributed by atoms with Crippen LogP contribution in [0.25, 0.3) is 44.3 Å². The summed E-state index contributed by atoms with van der Waals surface area (Å²) >= 11 is 0. The van der Waals surface area contributed by atoms with Crippen LogP contribution in [0.2, 0.25) is 0 Å². The summed E-state index contributed by atoms with van der Waals surface area (Å²) in [5.41, 5.74) is 7.70. The number of aromatic amines is 1. The van der Waals surface area contributed by atoms with Crippen LogP contribution >= 0.6 is 0 Å². The molecule has 3 N–H and O–H groups in total. The molecule has 5 aromatic rings. The molecule has 0 aliphatic carbocycles. The average molecular weight is 596 g/mol. The summed E-state index contributed by atoms with van der Waals surface area (Å²) in [5, 5.41) is 12.7. The molecule has 2 aromatic carbocycles. The normalized spacial score (nSPS) is 16.1. The van der Waals surface area contributed by atoms with Crippen LogP contribution in [-0.2, 0) is 10.2 Å². The molecule has 0 spiro atoms. The van der Waals surface area contributed by atoms with E-state index >= 15 is 0 Å². The smallest absolute Gasteiger partial charge is 0.238 e. The highest BCUT2D eigenvalue weighted by Gasteiger charge is 2.25. The molecular formula is C34H41N7O3. The first-order valence-corrected chi connectivity index (χ1v) is 15.1. The van der Waals surface area contributed by atoms with Gasteiger partial charge in [0, 0.05) is 53.4 Å². The molecule has 1 aliphatic rings. The van der Waals surface area contributed by atoms with Gasteiger partial charge in [-0.05, 0) is 62.9 Å². The Morgan fingerprint density at radius 2 is 1.95 bits per heavy atom. The largest absolute Gasteiger partial charge is 0.496 e. The Balaban J connectivity index is 1.44. The van der Waals surface area contributed by atoms with Gasteiger partial charge in [-0.1, -0.05) is 32.0 Å². The van der Waals surface area contributed by atoms with Crippen molar-refractivity contribution >= 4 is 33.5 Å². The third-order valence-corrected chi connectivity index (χ3v) is 8.38. The molecule has 10 heteroatoms. The molecule has 1 saturated heterocycles. The van der Waals surface area contributed by atoms with Gasteiger partial charge in [-0.2, -0.15) is 0 Å². The number of hydrogen-bond donors (Lipinski definition) is 3. The molecule has 6 rings (SSSR count). The predicted octanol–water partition coefficient (Wildman–Crippen LogP) is 5.90. The van der Waals surface area contributed by atoms with Crippen molar-refractivity contribution in [3.05, 3.63) is 53.2 Å². The summed E-state index contributed by atoms with van der Waals surface area (Å²) in [5.74, 6) is 2.11. The Kier molecular flexibility index (Phi) is 7.67. The fourth-order valence-electron chi connectivity index (χ4n) is 6.35. The molecule has 10 nitrogen and oxygen atoms in total. The van der Waals surface area contributed by atoms with E-state index in [1.54, 1.807) is 7.11 Å². The molecule has 0 unspecified atom stereocenters. The zero-order valence-electron chi connectivity index (χ0n) is 26.8. The summed E-state index contributed by atoms with van der Waals surface area (Å²) in [7, 11) is 1.67. The lowest BCUT2D eigenvalue weighted by Crippen LogP contribution is -2.51. The maximum atomic E-state index is 13.1. The summed E-state index contributed by atoms with van der Waals surface area (Å²) in [6.07, 6.45) is 0. The van der Waals surface area contributed by atoms with E-state index in [0.717, 1.165) is 86.7 Å². The SMILES string of the molecule is COc1cc2c(cc1-c1c(C)noc1C)[nH]c1nc(C)nc(-c3ccc(NC(=O)CN4CCN[C@H](C)C4)c(C(C)(C)C)c3)c12. The number of carbonyl (C=O) groups is 1. The maximum Gasteiger partial charge on any atom is 0.238 e. The molecular weight excluding hydrogens is 554 g/mol. The summed E-state index contributed by atoms with van der Waals surface area (Å²) in [6.45, 7) is 17.3. The van der Waals surface area contributed by atoms with Crippen molar-refractivity contribution in [2.24, 2.45) is 0 Å². The molecule has 1 fully saturated rings. The zero-order valence-corrected chi connectivity index (χ0v) is 26.8. The minimum Gasteiger partial charge on any atom is -0.496 e. The minimum atomic E-state index is -0.226. The van der Waals surface area contributed by atoms with Crippen LogP contribution in [0.1, 0.15) is 50.5 Å². The van der Waals surface area contributed by atoms with E-state index in [1.807, 2.05) is 39.0 Å². The van der Waals surface area contributed by atoms with E-state index in [0.29, 0.717) is 24.2 Å². The van der Waals surface area contributed by atoms with Crippen LogP contribution in [0.3, 0.4) is 0 Å². The van der Waals surface area contributed by atoms with Crippen molar-refractivity contribution in [1.29, 1.82) is 0 Å². The quantitative estimate of drug-likeness (QED) is 0.222. The number of benzene rings is 2. The van der Waals surface area contributed by atoms with Gasteiger partial charge in [-0.25, -0.2) is 9.97 Å². The number of anilines is 1. The molecule has 1 amide bonds. The van der Waals surface area contributed by atoms with Gasteiger partial charge in [0.2, 0.25) is 5.91 Å². The molecule has 0 bridgehead atoms. The Labute approximate surface area is 257 Å². The number of nitrogens with one attached hydrogen (secondary N) is 3. The summed E-state index contributed by atoms with van der Waals surface area (Å²) in [6, 6.07) is 10.7. The number of piperazine rings is 1. The Hall–Kier alpha value is -4.28. The van der Waals surface area contributed by atoms with Gasteiger partial charge in [0.1, 0.15) is 23.0 Å². The number of aromatic nitrogens is 4. The number of nitrogens with zero attached hydrogens (tertiary/aromatic N) is 4. The molecule has 1 aliphatic heterocycles. The molecule has 1 atom stereocenters. The molecule has 3 aromatic heterocycles. The predicted molar refractivity (Wildman–Crippen MR) is 174 cm³/mol. The maximum absolute atomic E-state index is 13.1. The molecule has 44 heavy (non-hydrogen) atoms. The van der Waals surface area contributed by atoms with E-state index in [9.17, 15) is 4.79 Å². The highest BCUT2D eigenvalue weighted by atomic mass is 16.5. The van der Waals surface area contributed by atoms with E-state index in [1.165, 1.54) is 0 Å². The number of fused-ring (bicyclic) bond motifs is 3. The van der Waals surface area contributed by atoms with Gasteiger partial charge in [-0.3, -0.25) is 9.69 Å². The first kappa shape index (κ1) is 29.8. The molecule has 4 heterocycles. The van der Waals surface area contributed by atoms with E-state index in [-0.39, 0.29) is 11.3 Å². The van der Waals surface area contributed by atoms with Crippen LogP contribution in [0, 0.1) is 20.8 Å². The van der Waals surface area contributed by atoms with Gasteiger partial charge in [0.25, 0.3) is 0 Å². The first-order valence-electron chi connectivity index (χ1n) is 15.1. The van der Waals surface area contributed by atoms with E-state index < -0.39 is 0 Å². The van der Waals surface area contributed by atoms with Crippen molar-refractivity contribution in [2.45, 2.75) is 59.9 Å². The second-order valence-corrected chi connectivity index (χ2v) is 12.9. The number of rotatable bonds is 6. The van der Waals surface area contributed by atoms with Crippen molar-refractivity contribution < 1.29 is 14.1 Å². The van der Waals surface area contributed by atoms with Crippen LogP contribution in [0.4, 0.5) is 5.69 Å². The van der Waals surface area contributed by atoms with Crippen molar-refractivity contribution in [2.75, 3.05) is 38.6 Å². The monoisotopic (exact) mass is 595 g/mol. The van der Waals surface area contributed by atoms with Crippen LogP contribution in [-0.4, -0.2) is 70.2 Å². The van der Waals surface area contributed by atoms with Gasteiger partial charge in [0.05, 0.1) is 36.0 Å². The first-order chi connectivity index (χ1) is 20.9. The Morgan fingerprint density at radius 1 is 1.16 bits per heavy atom. The number of hydrogen-bond acceptors (Lipinski definition) is 8. The number of amides is 1. The molecule has 0 saturated carbocycles. The van der Waals surface area contributed by atoms with Crippen molar-refractivity contribution in [1.82, 2.24) is 30.3 Å². The minimum absolute atomic E-state index is 0.00422. The third kappa shape index (κ3) is 5.55. The number of aryl methyl sites for hydroxylation is 3. The molecule has 230 valence electrons. The van der Waals surface area contributed by atoms with Gasteiger partial charge in [0.15, 0.2) is 0 Å². The summed E-state index contributed by atoms with van der Waals surface area (Å²) < 4.78 is 11.3. The number of ether oxygens (including phenoxy) is 1. The fourth-order valence-corrected chi connectivity index (χ4v) is 6.35.